The van der Waals surface area contributed by atoms with Gasteiger partial charge in [-0.25, -0.2) is 0 Å². The van der Waals surface area contributed by atoms with Gasteiger partial charge in [-0.3, -0.25) is 10.2 Å². The van der Waals surface area contributed by atoms with Crippen LogP contribution in [0.4, 0.5) is 0 Å². The Bertz CT molecular complexity index is 998. The largest absolute Gasteiger partial charge is 0.283 e. The third-order valence-corrected chi connectivity index (χ3v) is 5.26. The van der Waals surface area contributed by atoms with Gasteiger partial charge in [0, 0.05) is 10.9 Å². The van der Waals surface area contributed by atoms with E-state index in [-0.39, 0.29) is 11.4 Å². The molecular formula is C19H13BrN4OS. The van der Waals surface area contributed by atoms with Crippen LogP contribution < -0.4 is 0 Å². The fourth-order valence-corrected chi connectivity index (χ4v) is 3.97. The number of carbonyl (C=O) groups is 1. The van der Waals surface area contributed by atoms with Crippen LogP contribution in [0.3, 0.4) is 0 Å². The van der Waals surface area contributed by atoms with Crippen LogP contribution in [0.5, 0.6) is 0 Å². The van der Waals surface area contributed by atoms with Crippen LogP contribution in [-0.4, -0.2) is 27.0 Å². The highest BCUT2D eigenvalue weighted by molar-refractivity contribution is 9.10. The van der Waals surface area contributed by atoms with Crippen LogP contribution in [0.2, 0.25) is 0 Å². The number of aliphatic imine (C=N–C) groups is 1. The highest BCUT2D eigenvalue weighted by Crippen LogP contribution is 2.29. The molecule has 0 radical (unpaired) electrons. The number of amidine groups is 2. The van der Waals surface area contributed by atoms with Gasteiger partial charge in [0.05, 0.1) is 5.57 Å². The molecule has 26 heavy (non-hydrogen) atoms. The molecule has 0 saturated heterocycles. The van der Waals surface area contributed by atoms with Crippen molar-refractivity contribution in [3.05, 3.63) is 75.8 Å². The lowest BCUT2D eigenvalue weighted by Gasteiger charge is -2.20. The molecule has 2 aromatic rings. The molecule has 5 nitrogen and oxygen atoms in total. The average molecular weight is 425 g/mol. The van der Waals surface area contributed by atoms with E-state index in [0.29, 0.717) is 11.6 Å². The number of halogens is 1. The van der Waals surface area contributed by atoms with Crippen LogP contribution in [0.15, 0.2) is 74.7 Å². The zero-order chi connectivity index (χ0) is 18.1. The Hall–Kier alpha value is -2.51. The maximum atomic E-state index is 12.4. The van der Waals surface area contributed by atoms with Gasteiger partial charge in [-0.15, -0.1) is 0 Å². The second-order valence-corrected chi connectivity index (χ2v) is 7.69. The molecule has 0 spiro atoms. The summed E-state index contributed by atoms with van der Waals surface area (Å²) in [6.07, 6.45) is 2.32. The van der Waals surface area contributed by atoms with Crippen molar-refractivity contribution in [1.82, 2.24) is 5.01 Å². The lowest BCUT2D eigenvalue weighted by Crippen LogP contribution is -2.35. The minimum absolute atomic E-state index is 0.0514. The SMILES string of the molecule is N=C1/C(=C/c2cccc(Br)c2)C(=O)N=C2SC(Cc3ccccc3)=NN12. The third-order valence-electron chi connectivity index (χ3n) is 3.85. The molecule has 0 saturated carbocycles. The molecular weight excluding hydrogens is 412 g/mol. The number of hydrazone groups is 1. The minimum atomic E-state index is -0.412. The summed E-state index contributed by atoms with van der Waals surface area (Å²) in [6.45, 7) is 0. The quantitative estimate of drug-likeness (QED) is 0.746. The van der Waals surface area contributed by atoms with Crippen molar-refractivity contribution in [1.29, 1.82) is 5.41 Å². The summed E-state index contributed by atoms with van der Waals surface area (Å²) in [5.41, 5.74) is 2.19. The van der Waals surface area contributed by atoms with Crippen molar-refractivity contribution < 1.29 is 4.79 Å². The fourth-order valence-electron chi connectivity index (χ4n) is 2.64. The van der Waals surface area contributed by atoms with Gasteiger partial charge in [-0.1, -0.05) is 58.4 Å². The van der Waals surface area contributed by atoms with Gasteiger partial charge in [-0.2, -0.15) is 15.1 Å². The Morgan fingerprint density at radius 2 is 1.96 bits per heavy atom. The van der Waals surface area contributed by atoms with E-state index in [0.717, 1.165) is 20.6 Å². The predicted molar refractivity (Wildman–Crippen MR) is 109 cm³/mol. The molecule has 0 unspecified atom stereocenters. The van der Waals surface area contributed by atoms with Crippen molar-refractivity contribution in [2.24, 2.45) is 10.1 Å². The average Bonchev–Trinajstić information content (AvgIpc) is 3.02. The Labute approximate surface area is 163 Å². The van der Waals surface area contributed by atoms with Gasteiger partial charge in [-0.05, 0) is 41.1 Å². The first-order valence-electron chi connectivity index (χ1n) is 7.89. The lowest BCUT2D eigenvalue weighted by molar-refractivity contribution is -0.114. The topological polar surface area (TPSA) is 68.9 Å². The van der Waals surface area contributed by atoms with Gasteiger partial charge < -0.3 is 0 Å². The number of amides is 1. The maximum Gasteiger partial charge on any atom is 0.283 e. The van der Waals surface area contributed by atoms with Crippen LogP contribution in [0, 0.1) is 5.41 Å². The summed E-state index contributed by atoms with van der Waals surface area (Å²) in [4.78, 5) is 16.5. The summed E-state index contributed by atoms with van der Waals surface area (Å²) in [6, 6.07) is 17.5. The molecule has 0 atom stereocenters. The van der Waals surface area contributed by atoms with E-state index < -0.39 is 5.91 Å². The molecule has 4 rings (SSSR count). The zero-order valence-electron chi connectivity index (χ0n) is 13.5. The van der Waals surface area contributed by atoms with Gasteiger partial charge >= 0.3 is 0 Å². The second kappa shape index (κ2) is 7.01. The first-order chi connectivity index (χ1) is 12.6. The van der Waals surface area contributed by atoms with E-state index in [4.69, 9.17) is 5.41 Å². The molecule has 1 amide bonds. The molecule has 7 heteroatoms. The molecule has 1 N–H and O–H groups in total. The Morgan fingerprint density at radius 1 is 1.15 bits per heavy atom. The number of benzene rings is 2. The molecule has 2 heterocycles. The number of rotatable bonds is 3. The first-order valence-corrected chi connectivity index (χ1v) is 9.50. The number of hydrogen-bond donors (Lipinski definition) is 1. The first kappa shape index (κ1) is 16.9. The van der Waals surface area contributed by atoms with E-state index in [9.17, 15) is 4.79 Å². The van der Waals surface area contributed by atoms with Gasteiger partial charge in [0.1, 0.15) is 5.04 Å². The van der Waals surface area contributed by atoms with E-state index in [2.05, 4.69) is 26.0 Å². The molecule has 2 aromatic carbocycles. The Balaban J connectivity index is 1.62. The van der Waals surface area contributed by atoms with Crippen LogP contribution in [0.25, 0.3) is 6.08 Å². The zero-order valence-corrected chi connectivity index (χ0v) is 15.9. The summed E-state index contributed by atoms with van der Waals surface area (Å²) in [5, 5.41) is 15.6. The van der Waals surface area contributed by atoms with Gasteiger partial charge in [0.2, 0.25) is 5.17 Å². The van der Waals surface area contributed by atoms with E-state index >= 15 is 0 Å². The monoisotopic (exact) mass is 424 g/mol. The van der Waals surface area contributed by atoms with Crippen molar-refractivity contribution in [3.63, 3.8) is 0 Å². The number of nitrogens with zero attached hydrogens (tertiary/aromatic N) is 3. The molecule has 0 fully saturated rings. The number of hydrogen-bond acceptors (Lipinski definition) is 4. The lowest BCUT2D eigenvalue weighted by atomic mass is 10.1. The third kappa shape index (κ3) is 3.40. The molecule has 2 aliphatic rings. The van der Waals surface area contributed by atoms with Gasteiger partial charge in [0.25, 0.3) is 5.91 Å². The van der Waals surface area contributed by atoms with Crippen molar-refractivity contribution in [2.75, 3.05) is 0 Å². The predicted octanol–water partition coefficient (Wildman–Crippen LogP) is 4.31. The highest BCUT2D eigenvalue weighted by Gasteiger charge is 2.35. The fraction of sp³-hybridized carbons (Fsp3) is 0.0526. The van der Waals surface area contributed by atoms with Crippen LogP contribution in [0.1, 0.15) is 11.1 Å². The molecule has 0 bridgehead atoms. The molecule has 0 aliphatic carbocycles. The maximum absolute atomic E-state index is 12.4. The summed E-state index contributed by atoms with van der Waals surface area (Å²) in [5.74, 6) is -0.361. The standard InChI is InChI=1S/C19H13BrN4OS/c20-14-8-4-7-13(9-14)10-15-17(21)24-19(22-18(15)25)26-16(23-24)11-12-5-2-1-3-6-12/h1-10,21H,11H2/b15-10-,21-17?. The van der Waals surface area contributed by atoms with Crippen molar-refractivity contribution in [2.45, 2.75) is 6.42 Å². The number of fused-ring (bicyclic) bond motifs is 1. The van der Waals surface area contributed by atoms with Crippen LogP contribution in [-0.2, 0) is 11.2 Å². The highest BCUT2D eigenvalue weighted by atomic mass is 79.9. The second-order valence-electron chi connectivity index (χ2n) is 5.73. The van der Waals surface area contributed by atoms with Crippen molar-refractivity contribution >= 4 is 55.7 Å². The molecule has 0 aromatic heterocycles. The van der Waals surface area contributed by atoms with Crippen molar-refractivity contribution in [3.8, 4) is 0 Å². The van der Waals surface area contributed by atoms with E-state index in [1.54, 1.807) is 6.08 Å². The van der Waals surface area contributed by atoms with E-state index in [1.807, 2.05) is 54.6 Å². The van der Waals surface area contributed by atoms with Gasteiger partial charge in [0.15, 0.2) is 5.84 Å². The summed E-state index contributed by atoms with van der Waals surface area (Å²) < 4.78 is 0.908. The van der Waals surface area contributed by atoms with E-state index in [1.165, 1.54) is 16.8 Å². The normalized spacial score (nSPS) is 18.0. The number of thioether (sulfide) groups is 1. The smallest absolute Gasteiger partial charge is 0.282 e. The molecule has 2 aliphatic heterocycles. The Morgan fingerprint density at radius 3 is 2.73 bits per heavy atom. The Kier molecular flexibility index (Phi) is 4.57. The molecule has 128 valence electrons. The minimum Gasteiger partial charge on any atom is -0.282 e. The number of carbonyl (C=O) groups excluding carboxylic acids is 1. The van der Waals surface area contributed by atoms with Crippen LogP contribution >= 0.6 is 27.7 Å². The summed E-state index contributed by atoms with van der Waals surface area (Å²) in [7, 11) is 0. The summed E-state index contributed by atoms with van der Waals surface area (Å²) >= 11 is 4.75. The number of nitrogens with one attached hydrogen (secondary N) is 1.